The molecule has 1 heteroatoms. The van der Waals surface area contributed by atoms with E-state index in [-0.39, 0.29) is 0 Å². The van der Waals surface area contributed by atoms with E-state index in [4.69, 9.17) is 0 Å². The van der Waals surface area contributed by atoms with E-state index < -0.39 is 0 Å². The van der Waals surface area contributed by atoms with Crippen molar-refractivity contribution in [1.82, 2.24) is 4.90 Å². The first kappa shape index (κ1) is 14.1. The lowest BCUT2D eigenvalue weighted by molar-refractivity contribution is 0.419. The molecule has 21 heavy (non-hydrogen) atoms. The Morgan fingerprint density at radius 3 is 2.38 bits per heavy atom. The van der Waals surface area contributed by atoms with Crippen molar-refractivity contribution in [3.63, 3.8) is 0 Å². The fourth-order valence-corrected chi connectivity index (χ4v) is 3.13. The van der Waals surface area contributed by atoms with Crippen LogP contribution in [0.2, 0.25) is 0 Å². The van der Waals surface area contributed by atoms with Gasteiger partial charge in [0.15, 0.2) is 0 Å². The fourth-order valence-electron chi connectivity index (χ4n) is 3.13. The topological polar surface area (TPSA) is 3.24 Å². The Labute approximate surface area is 127 Å². The van der Waals surface area contributed by atoms with Gasteiger partial charge in [-0.1, -0.05) is 60.7 Å². The minimum Gasteiger partial charge on any atom is -0.309 e. The third kappa shape index (κ3) is 3.25. The van der Waals surface area contributed by atoms with Crippen LogP contribution < -0.4 is 0 Å². The predicted molar refractivity (Wildman–Crippen MR) is 90.5 cm³/mol. The number of rotatable bonds is 5. The Balaban J connectivity index is 1.84. The molecule has 0 N–H and O–H groups in total. The lowest BCUT2D eigenvalue weighted by atomic mass is 9.94. The highest BCUT2D eigenvalue weighted by Crippen LogP contribution is 2.39. The molecule has 0 fully saturated rings. The Hall–Kier alpha value is -1.86. The zero-order valence-corrected chi connectivity index (χ0v) is 12.9. The highest BCUT2D eigenvalue weighted by atomic mass is 15.0. The standard InChI is InChI=1S/C20H23N/c1-21(2)13-12-17-15-18(14-16-8-4-3-5-9-16)20-11-7-6-10-19(17)20/h3-11,15,18H,12-14H2,1-2H3. The summed E-state index contributed by atoms with van der Waals surface area (Å²) in [5.41, 5.74) is 5.89. The second-order valence-corrected chi connectivity index (χ2v) is 6.13. The zero-order chi connectivity index (χ0) is 14.7. The van der Waals surface area contributed by atoms with Crippen molar-refractivity contribution in [3.8, 4) is 0 Å². The van der Waals surface area contributed by atoms with Crippen LogP contribution in [0.3, 0.4) is 0 Å². The molecule has 108 valence electrons. The van der Waals surface area contributed by atoms with E-state index in [0.29, 0.717) is 5.92 Å². The average molecular weight is 277 g/mol. The van der Waals surface area contributed by atoms with Gasteiger partial charge in [0.25, 0.3) is 0 Å². The molecule has 0 aromatic heterocycles. The molecule has 0 heterocycles. The van der Waals surface area contributed by atoms with Gasteiger partial charge >= 0.3 is 0 Å². The summed E-state index contributed by atoms with van der Waals surface area (Å²) in [5, 5.41) is 0. The molecular weight excluding hydrogens is 254 g/mol. The van der Waals surface area contributed by atoms with Crippen molar-refractivity contribution < 1.29 is 0 Å². The second-order valence-electron chi connectivity index (χ2n) is 6.13. The molecule has 1 nitrogen and oxygen atoms in total. The van der Waals surface area contributed by atoms with Crippen LogP contribution in [0.15, 0.2) is 60.7 Å². The fraction of sp³-hybridized carbons (Fsp3) is 0.300. The summed E-state index contributed by atoms with van der Waals surface area (Å²) >= 11 is 0. The van der Waals surface area contributed by atoms with Crippen LogP contribution in [0.4, 0.5) is 0 Å². The van der Waals surface area contributed by atoms with Crippen molar-refractivity contribution in [2.24, 2.45) is 0 Å². The quantitative estimate of drug-likeness (QED) is 0.785. The van der Waals surface area contributed by atoms with E-state index >= 15 is 0 Å². The molecule has 1 aliphatic carbocycles. The van der Waals surface area contributed by atoms with E-state index in [0.717, 1.165) is 19.4 Å². The third-order valence-electron chi connectivity index (χ3n) is 4.24. The summed E-state index contributed by atoms with van der Waals surface area (Å²) in [4.78, 5) is 2.26. The Kier molecular flexibility index (Phi) is 4.21. The van der Waals surface area contributed by atoms with Gasteiger partial charge in [-0.05, 0) is 49.2 Å². The second kappa shape index (κ2) is 6.28. The Morgan fingerprint density at radius 1 is 0.905 bits per heavy atom. The van der Waals surface area contributed by atoms with Crippen molar-refractivity contribution in [3.05, 3.63) is 77.4 Å². The molecular formula is C20H23N. The van der Waals surface area contributed by atoms with Crippen LogP contribution in [-0.4, -0.2) is 25.5 Å². The van der Waals surface area contributed by atoms with Crippen LogP contribution in [0.5, 0.6) is 0 Å². The van der Waals surface area contributed by atoms with Crippen LogP contribution >= 0.6 is 0 Å². The maximum Gasteiger partial charge on any atom is 0.00704 e. The van der Waals surface area contributed by atoms with Crippen molar-refractivity contribution in [2.45, 2.75) is 18.8 Å². The van der Waals surface area contributed by atoms with Gasteiger partial charge in [0.2, 0.25) is 0 Å². The predicted octanol–water partition coefficient (Wildman–Crippen LogP) is 4.36. The first-order valence-electron chi connectivity index (χ1n) is 7.72. The monoisotopic (exact) mass is 277 g/mol. The first-order chi connectivity index (χ1) is 10.2. The van der Waals surface area contributed by atoms with Gasteiger partial charge in [-0.3, -0.25) is 0 Å². The smallest absolute Gasteiger partial charge is 0.00704 e. The van der Waals surface area contributed by atoms with Gasteiger partial charge < -0.3 is 4.90 Å². The minimum atomic E-state index is 0.528. The molecule has 1 atom stereocenters. The van der Waals surface area contributed by atoms with Gasteiger partial charge in [0.05, 0.1) is 0 Å². The number of hydrogen-bond donors (Lipinski definition) is 0. The van der Waals surface area contributed by atoms with Crippen molar-refractivity contribution in [2.75, 3.05) is 20.6 Å². The SMILES string of the molecule is CN(C)CCC1=CC(Cc2ccccc2)c2ccccc21. The Bertz CT molecular complexity index is 625. The number of nitrogens with zero attached hydrogens (tertiary/aromatic N) is 1. The molecule has 2 aromatic carbocycles. The molecule has 2 aromatic rings. The van der Waals surface area contributed by atoms with Crippen LogP contribution in [-0.2, 0) is 6.42 Å². The number of allylic oxidation sites excluding steroid dienone is 1. The minimum absolute atomic E-state index is 0.528. The summed E-state index contributed by atoms with van der Waals surface area (Å²) in [6, 6.07) is 19.7. The largest absolute Gasteiger partial charge is 0.309 e. The number of benzene rings is 2. The molecule has 3 rings (SSSR count). The lowest BCUT2D eigenvalue weighted by Gasteiger charge is -2.11. The highest BCUT2D eigenvalue weighted by molar-refractivity contribution is 5.75. The van der Waals surface area contributed by atoms with Crippen molar-refractivity contribution in [1.29, 1.82) is 0 Å². The van der Waals surface area contributed by atoms with E-state index in [1.807, 2.05) is 0 Å². The number of hydrogen-bond acceptors (Lipinski definition) is 1. The maximum atomic E-state index is 2.49. The molecule has 0 saturated carbocycles. The first-order valence-corrected chi connectivity index (χ1v) is 7.72. The molecule has 0 bridgehead atoms. The highest BCUT2D eigenvalue weighted by Gasteiger charge is 2.22. The number of fused-ring (bicyclic) bond motifs is 1. The van der Waals surface area contributed by atoms with Gasteiger partial charge in [-0.15, -0.1) is 0 Å². The molecule has 0 saturated heterocycles. The van der Waals surface area contributed by atoms with Crippen molar-refractivity contribution >= 4 is 5.57 Å². The van der Waals surface area contributed by atoms with E-state index in [9.17, 15) is 0 Å². The average Bonchev–Trinajstić information content (AvgIpc) is 2.85. The van der Waals surface area contributed by atoms with Gasteiger partial charge in [-0.25, -0.2) is 0 Å². The van der Waals surface area contributed by atoms with Crippen LogP contribution in [0, 0.1) is 0 Å². The molecule has 1 unspecified atom stereocenters. The van der Waals surface area contributed by atoms with Crippen LogP contribution in [0.1, 0.15) is 29.0 Å². The van der Waals surface area contributed by atoms with Crippen LogP contribution in [0.25, 0.3) is 5.57 Å². The molecule has 0 radical (unpaired) electrons. The summed E-state index contributed by atoms with van der Waals surface area (Å²) < 4.78 is 0. The summed E-state index contributed by atoms with van der Waals surface area (Å²) in [7, 11) is 4.28. The molecule has 0 amide bonds. The molecule has 0 aliphatic heterocycles. The Morgan fingerprint density at radius 2 is 1.62 bits per heavy atom. The molecule has 1 aliphatic rings. The van der Waals surface area contributed by atoms with E-state index in [1.165, 1.54) is 22.3 Å². The maximum absolute atomic E-state index is 2.49. The van der Waals surface area contributed by atoms with E-state index in [2.05, 4.69) is 79.7 Å². The zero-order valence-electron chi connectivity index (χ0n) is 12.9. The summed E-state index contributed by atoms with van der Waals surface area (Å²) in [6.45, 7) is 1.11. The van der Waals surface area contributed by atoms with Gasteiger partial charge in [-0.2, -0.15) is 0 Å². The van der Waals surface area contributed by atoms with Gasteiger partial charge in [0.1, 0.15) is 0 Å². The summed E-state index contributed by atoms with van der Waals surface area (Å²) in [6.07, 6.45) is 4.72. The lowest BCUT2D eigenvalue weighted by Crippen LogP contribution is -2.13. The summed E-state index contributed by atoms with van der Waals surface area (Å²) in [5.74, 6) is 0.528. The normalized spacial score (nSPS) is 16.9. The third-order valence-corrected chi connectivity index (χ3v) is 4.24. The van der Waals surface area contributed by atoms with E-state index in [1.54, 1.807) is 0 Å². The van der Waals surface area contributed by atoms with Gasteiger partial charge in [0, 0.05) is 12.5 Å². The molecule has 0 spiro atoms.